The van der Waals surface area contributed by atoms with Gasteiger partial charge >= 0.3 is 0 Å². The molecule has 1 saturated heterocycles. The van der Waals surface area contributed by atoms with Crippen molar-refractivity contribution in [2.45, 2.75) is 56.0 Å². The van der Waals surface area contributed by atoms with E-state index in [0.29, 0.717) is 49.5 Å². The van der Waals surface area contributed by atoms with Crippen LogP contribution in [0.1, 0.15) is 41.5 Å². The molecule has 0 saturated carbocycles. The van der Waals surface area contributed by atoms with Crippen molar-refractivity contribution in [1.29, 1.82) is 0 Å². The van der Waals surface area contributed by atoms with Gasteiger partial charge in [0.2, 0.25) is 21.8 Å². The molecule has 0 aromatic heterocycles. The molecule has 4 aromatic rings. The van der Waals surface area contributed by atoms with Crippen molar-refractivity contribution in [2.24, 2.45) is 0 Å². The minimum atomic E-state index is -3.55. The maximum atomic E-state index is 14.1. The van der Waals surface area contributed by atoms with Gasteiger partial charge in [-0.3, -0.25) is 9.59 Å². The first kappa shape index (κ1) is 36.5. The summed E-state index contributed by atoms with van der Waals surface area (Å²) in [5.74, 6) is 0.259. The van der Waals surface area contributed by atoms with Crippen molar-refractivity contribution >= 4 is 21.8 Å². The summed E-state index contributed by atoms with van der Waals surface area (Å²) in [6.07, 6.45) is 2.95. The summed E-state index contributed by atoms with van der Waals surface area (Å²) in [5.41, 5.74) is 3.33. The van der Waals surface area contributed by atoms with E-state index in [0.717, 1.165) is 29.5 Å². The molecular weight excluding hydrogens is 658 g/mol. The fourth-order valence-corrected chi connectivity index (χ4v) is 7.64. The van der Waals surface area contributed by atoms with Crippen LogP contribution in [0.25, 0.3) is 0 Å². The number of nitrogens with one attached hydrogen (secondary N) is 1. The lowest BCUT2D eigenvalue weighted by Gasteiger charge is -2.32. The van der Waals surface area contributed by atoms with Crippen molar-refractivity contribution < 1.29 is 31.9 Å². The average Bonchev–Trinajstić information content (AvgIpc) is 3.70. The molecule has 264 valence electrons. The molecule has 5 rings (SSSR count). The van der Waals surface area contributed by atoms with Gasteiger partial charge in [-0.1, -0.05) is 60.7 Å². The summed E-state index contributed by atoms with van der Waals surface area (Å²) in [7, 11) is -0.405. The van der Waals surface area contributed by atoms with Gasteiger partial charge in [-0.2, -0.15) is 4.31 Å². The molecule has 1 heterocycles. The van der Waals surface area contributed by atoms with E-state index in [1.54, 1.807) is 55.5 Å². The molecule has 0 bridgehead atoms. The van der Waals surface area contributed by atoms with Gasteiger partial charge in [-0.15, -0.1) is 0 Å². The summed E-state index contributed by atoms with van der Waals surface area (Å²) >= 11 is 0. The Morgan fingerprint density at radius 1 is 0.800 bits per heavy atom. The van der Waals surface area contributed by atoms with Crippen molar-refractivity contribution in [3.63, 3.8) is 0 Å². The first-order chi connectivity index (χ1) is 24.2. The Balaban J connectivity index is 1.34. The van der Waals surface area contributed by atoms with Crippen molar-refractivity contribution in [3.05, 3.63) is 125 Å². The minimum Gasteiger partial charge on any atom is -0.493 e. The highest BCUT2D eigenvalue weighted by Gasteiger charge is 2.31. The second-order valence-electron chi connectivity index (χ2n) is 12.3. The number of halogens is 1. The van der Waals surface area contributed by atoms with Crippen molar-refractivity contribution in [3.8, 4) is 11.5 Å². The molecule has 1 aliphatic heterocycles. The van der Waals surface area contributed by atoms with Crippen LogP contribution in [0.2, 0.25) is 0 Å². The maximum Gasteiger partial charge on any atom is 0.243 e. The van der Waals surface area contributed by atoms with Crippen LogP contribution in [0.5, 0.6) is 11.5 Å². The summed E-state index contributed by atoms with van der Waals surface area (Å²) in [4.78, 5) is 29.9. The number of carbonyl (C=O) groups excluding carboxylic acids is 2. The monoisotopic (exact) mass is 701 g/mol. The summed E-state index contributed by atoms with van der Waals surface area (Å²) in [6.45, 7) is 1.48. The molecule has 1 N–H and O–H groups in total. The number of amides is 2. The minimum absolute atomic E-state index is 0.0869. The Labute approximate surface area is 294 Å². The van der Waals surface area contributed by atoms with Gasteiger partial charge in [0.1, 0.15) is 11.9 Å². The fraction of sp³-hybridized carbons (Fsp3) is 0.333. The number of hydrogen-bond acceptors (Lipinski definition) is 6. The van der Waals surface area contributed by atoms with Crippen LogP contribution in [0.4, 0.5) is 4.39 Å². The van der Waals surface area contributed by atoms with E-state index in [9.17, 15) is 22.4 Å². The lowest BCUT2D eigenvalue weighted by atomic mass is 10.0. The number of aryl methyl sites for hydroxylation is 1. The number of hydrogen-bond donors (Lipinski definition) is 1. The molecule has 4 aromatic carbocycles. The van der Waals surface area contributed by atoms with Crippen LogP contribution in [-0.4, -0.2) is 69.3 Å². The van der Waals surface area contributed by atoms with Crippen LogP contribution >= 0.6 is 0 Å². The molecule has 0 unspecified atom stereocenters. The molecule has 2 amide bonds. The second kappa shape index (κ2) is 17.3. The molecule has 1 aliphatic rings. The number of benzene rings is 4. The number of carbonyl (C=O) groups is 2. The zero-order valence-corrected chi connectivity index (χ0v) is 29.3. The highest BCUT2D eigenvalue weighted by molar-refractivity contribution is 7.89. The van der Waals surface area contributed by atoms with Crippen molar-refractivity contribution in [2.75, 3.05) is 33.9 Å². The van der Waals surface area contributed by atoms with Gasteiger partial charge in [0, 0.05) is 39.0 Å². The first-order valence-electron chi connectivity index (χ1n) is 16.8. The quantitative estimate of drug-likeness (QED) is 0.164. The van der Waals surface area contributed by atoms with Gasteiger partial charge in [0.25, 0.3) is 0 Å². The molecule has 0 radical (unpaired) electrons. The van der Waals surface area contributed by atoms with Gasteiger partial charge < -0.3 is 19.7 Å². The van der Waals surface area contributed by atoms with E-state index >= 15 is 0 Å². The Bertz CT molecular complexity index is 1830. The molecular formula is C39H44FN3O6S. The molecule has 0 aliphatic carbocycles. The predicted octanol–water partition coefficient (Wildman–Crippen LogP) is 5.56. The third-order valence-corrected chi connectivity index (χ3v) is 10.9. The van der Waals surface area contributed by atoms with Gasteiger partial charge in [0.15, 0.2) is 11.5 Å². The second-order valence-corrected chi connectivity index (χ2v) is 14.3. The van der Waals surface area contributed by atoms with E-state index in [-0.39, 0.29) is 36.1 Å². The maximum absolute atomic E-state index is 14.1. The van der Waals surface area contributed by atoms with E-state index in [1.807, 2.05) is 48.5 Å². The predicted molar refractivity (Wildman–Crippen MR) is 190 cm³/mol. The normalized spacial score (nSPS) is 13.8. The number of ether oxygens (including phenoxy) is 2. The Morgan fingerprint density at radius 3 is 2.10 bits per heavy atom. The van der Waals surface area contributed by atoms with Crippen LogP contribution < -0.4 is 14.8 Å². The molecule has 1 atom stereocenters. The summed E-state index contributed by atoms with van der Waals surface area (Å²) in [6, 6.07) is 26.8. The topological polar surface area (TPSA) is 105 Å². The molecule has 0 spiro atoms. The number of methoxy groups -OCH3 is 2. The van der Waals surface area contributed by atoms with Crippen molar-refractivity contribution in [1.82, 2.24) is 14.5 Å². The van der Waals surface area contributed by atoms with Crippen LogP contribution in [0.3, 0.4) is 0 Å². The highest BCUT2D eigenvalue weighted by atomic mass is 32.2. The molecule has 50 heavy (non-hydrogen) atoms. The Kier molecular flexibility index (Phi) is 12.6. The SMILES string of the molecule is COc1ccc(CCNC(=O)[C@H](Cc2ccccc2)N(Cc2ccc(F)cc2)C(=O)CCc2ccc(S(=O)(=O)N3CCCC3)cc2)cc1OC. The third kappa shape index (κ3) is 9.48. The highest BCUT2D eigenvalue weighted by Crippen LogP contribution is 2.28. The van der Waals surface area contributed by atoms with Gasteiger partial charge in [0.05, 0.1) is 19.1 Å². The Hall–Kier alpha value is -4.74. The van der Waals surface area contributed by atoms with E-state index in [2.05, 4.69) is 5.32 Å². The largest absolute Gasteiger partial charge is 0.493 e. The van der Waals surface area contributed by atoms with E-state index < -0.39 is 21.9 Å². The van der Waals surface area contributed by atoms with Crippen LogP contribution in [0.15, 0.2) is 102 Å². The third-order valence-electron chi connectivity index (χ3n) is 8.95. The van der Waals surface area contributed by atoms with Gasteiger partial charge in [-0.25, -0.2) is 12.8 Å². The summed E-state index contributed by atoms with van der Waals surface area (Å²) in [5, 5.41) is 3.04. The van der Waals surface area contributed by atoms with E-state index in [1.165, 1.54) is 16.4 Å². The molecule has 11 heteroatoms. The number of rotatable bonds is 16. The first-order valence-corrected chi connectivity index (χ1v) is 18.3. The fourth-order valence-electron chi connectivity index (χ4n) is 6.12. The van der Waals surface area contributed by atoms with E-state index in [4.69, 9.17) is 9.47 Å². The smallest absolute Gasteiger partial charge is 0.243 e. The average molecular weight is 702 g/mol. The number of nitrogens with zero attached hydrogens (tertiary/aromatic N) is 2. The Morgan fingerprint density at radius 2 is 1.44 bits per heavy atom. The lowest BCUT2D eigenvalue weighted by Crippen LogP contribution is -2.50. The van der Waals surface area contributed by atoms with Gasteiger partial charge in [-0.05, 0) is 84.3 Å². The van der Waals surface area contributed by atoms with Crippen LogP contribution in [0, 0.1) is 5.82 Å². The van der Waals surface area contributed by atoms with Crippen LogP contribution in [-0.2, 0) is 45.4 Å². The zero-order chi connectivity index (χ0) is 35.5. The zero-order valence-electron chi connectivity index (χ0n) is 28.5. The molecule has 1 fully saturated rings. The lowest BCUT2D eigenvalue weighted by molar-refractivity contribution is -0.141. The number of sulfonamides is 1. The molecule has 9 nitrogen and oxygen atoms in total. The summed E-state index contributed by atoms with van der Waals surface area (Å²) < 4.78 is 52.1. The standard InChI is InChI=1S/C39H44FN3O6S/c1-48-36-20-14-31(27-37(36)49-2)22-23-41-39(45)35(26-30-8-4-3-5-9-30)43(28-32-10-16-33(40)17-11-32)38(44)21-15-29-12-18-34(19-13-29)50(46,47)42-24-6-7-25-42/h3-5,8-14,16-20,27,35H,6-7,15,21-26,28H2,1-2H3,(H,41,45)/t35-/m0/s1.